The van der Waals surface area contributed by atoms with Gasteiger partial charge in [0.1, 0.15) is 6.10 Å². The SMILES string of the molecule is CC/C=C\C/C=C\C/C=C\C/C=C\C/C=C\CCCCCCOCC(CO)OC(=O)CCCCCCC/C=C\C/C=C\CCCCCC. The van der Waals surface area contributed by atoms with Crippen molar-refractivity contribution in [2.75, 3.05) is 19.8 Å². The normalized spacial score (nSPS) is 13.3. The van der Waals surface area contributed by atoms with E-state index in [4.69, 9.17) is 9.47 Å². The van der Waals surface area contributed by atoms with Gasteiger partial charge in [0.25, 0.3) is 0 Å². The van der Waals surface area contributed by atoms with Gasteiger partial charge in [-0.25, -0.2) is 0 Å². The van der Waals surface area contributed by atoms with Gasteiger partial charge in [0.15, 0.2) is 0 Å². The van der Waals surface area contributed by atoms with Crippen molar-refractivity contribution >= 4 is 5.97 Å². The maximum Gasteiger partial charge on any atom is 0.306 e. The van der Waals surface area contributed by atoms with Crippen molar-refractivity contribution in [1.82, 2.24) is 0 Å². The van der Waals surface area contributed by atoms with E-state index >= 15 is 0 Å². The highest BCUT2D eigenvalue weighted by molar-refractivity contribution is 5.69. The molecule has 1 N–H and O–H groups in total. The monoisotopic (exact) mass is 667 g/mol. The van der Waals surface area contributed by atoms with Gasteiger partial charge < -0.3 is 14.6 Å². The summed E-state index contributed by atoms with van der Waals surface area (Å²) in [4.78, 5) is 12.2. The molecule has 4 nitrogen and oxygen atoms in total. The molecule has 0 fully saturated rings. The number of aliphatic hydroxyl groups is 1. The molecule has 0 spiro atoms. The molecule has 0 aliphatic rings. The lowest BCUT2D eigenvalue weighted by atomic mass is 10.1. The molecule has 0 saturated carbocycles. The van der Waals surface area contributed by atoms with Crippen LogP contribution in [0.1, 0.15) is 162 Å². The molecule has 0 aromatic heterocycles. The zero-order valence-electron chi connectivity index (χ0n) is 31.2. The van der Waals surface area contributed by atoms with Gasteiger partial charge in [-0.15, -0.1) is 0 Å². The second-order valence-corrected chi connectivity index (χ2v) is 12.6. The van der Waals surface area contributed by atoms with Crippen LogP contribution in [0.4, 0.5) is 0 Å². The minimum absolute atomic E-state index is 0.193. The maximum absolute atomic E-state index is 12.2. The number of rotatable bonds is 35. The van der Waals surface area contributed by atoms with Crippen molar-refractivity contribution < 1.29 is 19.4 Å². The molecule has 0 heterocycles. The number of unbranched alkanes of at least 4 members (excludes halogenated alkanes) is 13. The average molecular weight is 667 g/mol. The van der Waals surface area contributed by atoms with Gasteiger partial charge in [-0.2, -0.15) is 0 Å². The van der Waals surface area contributed by atoms with Gasteiger partial charge in [-0.05, 0) is 89.9 Å². The minimum atomic E-state index is -0.560. The van der Waals surface area contributed by atoms with Gasteiger partial charge in [-0.3, -0.25) is 4.79 Å². The molecule has 4 heteroatoms. The Morgan fingerprint density at radius 3 is 1.42 bits per heavy atom. The van der Waals surface area contributed by atoms with Crippen LogP contribution in [0, 0.1) is 0 Å². The first-order valence-electron chi connectivity index (χ1n) is 19.7. The fraction of sp³-hybridized carbons (Fsp3) is 0.659. The first kappa shape index (κ1) is 45.6. The Kier molecular flexibility index (Phi) is 38.7. The largest absolute Gasteiger partial charge is 0.457 e. The second-order valence-electron chi connectivity index (χ2n) is 12.6. The Hall–Kier alpha value is -2.43. The molecule has 1 unspecified atom stereocenters. The molecule has 0 rings (SSSR count). The topological polar surface area (TPSA) is 55.8 Å². The minimum Gasteiger partial charge on any atom is -0.457 e. The van der Waals surface area contributed by atoms with Crippen LogP contribution in [0.2, 0.25) is 0 Å². The summed E-state index contributed by atoms with van der Waals surface area (Å²) in [5.74, 6) is -0.228. The lowest BCUT2D eigenvalue weighted by Gasteiger charge is -2.15. The summed E-state index contributed by atoms with van der Waals surface area (Å²) in [5.41, 5.74) is 0. The Morgan fingerprint density at radius 2 is 0.938 bits per heavy atom. The molecule has 48 heavy (non-hydrogen) atoms. The standard InChI is InChI=1S/C44H74O4/c1-3-5-7-9-11-13-15-17-19-21-22-23-24-26-28-30-32-34-36-38-40-47-42-43(41-45)48-44(46)39-37-35-33-31-29-27-25-20-18-16-14-12-10-8-6-4-2/h5,7,11,13-14,16-17,19-20,22-23,25-26,28,43,45H,3-4,6,8-10,12,15,18,21,24,27,29-42H2,1-2H3/b7-5-,13-11-,16-14-,19-17-,23-22-,25-20-,28-26-. The molecule has 0 radical (unpaired) electrons. The number of carbonyl (C=O) groups is 1. The number of carbonyl (C=O) groups excluding carboxylic acids is 1. The van der Waals surface area contributed by atoms with Crippen molar-refractivity contribution in [3.8, 4) is 0 Å². The van der Waals surface area contributed by atoms with Crippen LogP contribution in [-0.4, -0.2) is 37.0 Å². The van der Waals surface area contributed by atoms with E-state index in [2.05, 4.69) is 98.9 Å². The van der Waals surface area contributed by atoms with E-state index in [9.17, 15) is 9.90 Å². The lowest BCUT2D eigenvalue weighted by molar-refractivity contribution is -0.154. The fourth-order valence-electron chi connectivity index (χ4n) is 5.03. The van der Waals surface area contributed by atoms with Gasteiger partial charge >= 0.3 is 5.97 Å². The first-order chi connectivity index (χ1) is 23.7. The summed E-state index contributed by atoms with van der Waals surface area (Å²) in [7, 11) is 0. The molecule has 0 bridgehead atoms. The molecule has 0 aromatic rings. The number of hydrogen-bond donors (Lipinski definition) is 1. The zero-order chi connectivity index (χ0) is 34.9. The second kappa shape index (κ2) is 40.7. The van der Waals surface area contributed by atoms with Gasteiger partial charge in [0, 0.05) is 13.0 Å². The number of allylic oxidation sites excluding steroid dienone is 14. The molecule has 274 valence electrons. The van der Waals surface area contributed by atoms with E-state index in [0.29, 0.717) is 13.0 Å². The molecule has 0 aliphatic carbocycles. The smallest absolute Gasteiger partial charge is 0.306 e. The van der Waals surface area contributed by atoms with Crippen molar-refractivity contribution in [3.63, 3.8) is 0 Å². The molecule has 0 saturated heterocycles. The van der Waals surface area contributed by atoms with Crippen molar-refractivity contribution in [3.05, 3.63) is 85.1 Å². The summed E-state index contributed by atoms with van der Waals surface area (Å²) in [6.45, 7) is 5.13. The lowest BCUT2D eigenvalue weighted by Crippen LogP contribution is -2.27. The van der Waals surface area contributed by atoms with E-state index in [-0.39, 0.29) is 19.2 Å². The van der Waals surface area contributed by atoms with Gasteiger partial charge in [0.2, 0.25) is 0 Å². The van der Waals surface area contributed by atoms with Crippen LogP contribution in [0.25, 0.3) is 0 Å². The highest BCUT2D eigenvalue weighted by Crippen LogP contribution is 2.10. The number of aliphatic hydroxyl groups excluding tert-OH is 1. The summed E-state index contributed by atoms with van der Waals surface area (Å²) < 4.78 is 11.1. The third-order valence-corrected chi connectivity index (χ3v) is 7.95. The Labute approximate surface area is 297 Å². The number of esters is 1. The van der Waals surface area contributed by atoms with Crippen LogP contribution < -0.4 is 0 Å². The third-order valence-electron chi connectivity index (χ3n) is 7.95. The van der Waals surface area contributed by atoms with Crippen molar-refractivity contribution in [2.24, 2.45) is 0 Å². The Bertz CT molecular complexity index is 876. The fourth-order valence-corrected chi connectivity index (χ4v) is 5.03. The van der Waals surface area contributed by atoms with Crippen LogP contribution in [0.3, 0.4) is 0 Å². The van der Waals surface area contributed by atoms with E-state index in [1.54, 1.807) is 0 Å². The highest BCUT2D eigenvalue weighted by atomic mass is 16.6. The molecule has 0 aliphatic heterocycles. The predicted octanol–water partition coefficient (Wildman–Crippen LogP) is 12.8. The van der Waals surface area contributed by atoms with E-state index in [0.717, 1.165) is 83.5 Å². The van der Waals surface area contributed by atoms with Crippen LogP contribution in [-0.2, 0) is 14.3 Å². The summed E-state index contributed by atoms with van der Waals surface area (Å²) >= 11 is 0. The van der Waals surface area contributed by atoms with E-state index in [1.165, 1.54) is 57.8 Å². The molecule has 0 aromatic carbocycles. The molecule has 0 amide bonds. The first-order valence-corrected chi connectivity index (χ1v) is 19.7. The zero-order valence-corrected chi connectivity index (χ0v) is 31.2. The van der Waals surface area contributed by atoms with Gasteiger partial charge in [-0.1, -0.05) is 150 Å². The number of ether oxygens (including phenoxy) is 2. The summed E-state index contributed by atoms with van der Waals surface area (Å²) in [6, 6.07) is 0. The number of hydrogen-bond acceptors (Lipinski definition) is 4. The van der Waals surface area contributed by atoms with Crippen molar-refractivity contribution in [2.45, 2.75) is 168 Å². The summed E-state index contributed by atoms with van der Waals surface area (Å²) in [6.07, 6.45) is 56.3. The van der Waals surface area contributed by atoms with Crippen LogP contribution in [0.5, 0.6) is 0 Å². The Balaban J connectivity index is 3.57. The predicted molar refractivity (Wildman–Crippen MR) is 209 cm³/mol. The Morgan fingerprint density at radius 1 is 0.521 bits per heavy atom. The quantitative estimate of drug-likeness (QED) is 0.0415. The van der Waals surface area contributed by atoms with Gasteiger partial charge in [0.05, 0.1) is 13.2 Å². The maximum atomic E-state index is 12.2. The van der Waals surface area contributed by atoms with E-state index < -0.39 is 6.10 Å². The molecular formula is C44H74O4. The molecular weight excluding hydrogens is 592 g/mol. The van der Waals surface area contributed by atoms with Crippen LogP contribution in [0.15, 0.2) is 85.1 Å². The third kappa shape index (κ3) is 38.0. The van der Waals surface area contributed by atoms with Crippen LogP contribution >= 0.6 is 0 Å². The van der Waals surface area contributed by atoms with E-state index in [1.807, 2.05) is 0 Å². The summed E-state index contributed by atoms with van der Waals surface area (Å²) in [5, 5.41) is 9.58. The average Bonchev–Trinajstić information content (AvgIpc) is 3.09. The highest BCUT2D eigenvalue weighted by Gasteiger charge is 2.13. The van der Waals surface area contributed by atoms with Crippen molar-refractivity contribution in [1.29, 1.82) is 0 Å². The molecule has 1 atom stereocenters.